The third kappa shape index (κ3) is 3.22. The molecule has 1 aliphatic rings. The molecule has 0 bridgehead atoms. The number of amides is 1. The molecule has 0 fully saturated rings. The number of carbonyl (C=O) groups excluding carboxylic acids is 1. The number of hydrogen-bond donors (Lipinski definition) is 1. The molecule has 2 aromatic rings. The van der Waals surface area contributed by atoms with E-state index in [1.54, 1.807) is 23.5 Å². The highest BCUT2D eigenvalue weighted by Crippen LogP contribution is 2.28. The average molecular weight is 360 g/mol. The third-order valence-corrected chi connectivity index (χ3v) is 6.72. The molecule has 5 nitrogen and oxygen atoms in total. The quantitative estimate of drug-likeness (QED) is 0.847. The molecule has 0 saturated heterocycles. The van der Waals surface area contributed by atoms with E-state index in [0.29, 0.717) is 19.5 Å². The molecule has 1 aromatic heterocycles. The molecule has 3 rings (SSSR count). The minimum absolute atomic E-state index is 0.100. The summed E-state index contributed by atoms with van der Waals surface area (Å²) >= 11 is 1.66. The smallest absolute Gasteiger partial charge is 0.252 e. The standard InChI is InChI=1S/C17H16N2O3S2/c1-2-8-18-17(20)13-4-3-5-15(11-13)24(21,22)19-9-6-16-14(12-19)7-10-23-16/h1,3-5,7,10-11H,6,8-9,12H2,(H,18,20). The molecule has 0 atom stereocenters. The van der Waals surface area contributed by atoms with Crippen LogP contribution in [0.25, 0.3) is 0 Å². The molecule has 0 spiro atoms. The van der Waals surface area contributed by atoms with Crippen molar-refractivity contribution in [2.45, 2.75) is 17.9 Å². The van der Waals surface area contributed by atoms with Crippen LogP contribution < -0.4 is 5.32 Å². The number of thiophene rings is 1. The van der Waals surface area contributed by atoms with Gasteiger partial charge in [0.2, 0.25) is 10.0 Å². The largest absolute Gasteiger partial charge is 0.341 e. The second-order valence-electron chi connectivity index (χ2n) is 5.37. The van der Waals surface area contributed by atoms with Gasteiger partial charge in [0.15, 0.2) is 0 Å². The lowest BCUT2D eigenvalue weighted by Gasteiger charge is -2.26. The van der Waals surface area contributed by atoms with E-state index >= 15 is 0 Å². The van der Waals surface area contributed by atoms with Gasteiger partial charge in [-0.1, -0.05) is 12.0 Å². The number of sulfonamides is 1. The monoisotopic (exact) mass is 360 g/mol. The number of carbonyl (C=O) groups is 1. The van der Waals surface area contributed by atoms with E-state index < -0.39 is 10.0 Å². The molecule has 24 heavy (non-hydrogen) atoms. The van der Waals surface area contributed by atoms with Crippen LogP contribution >= 0.6 is 11.3 Å². The Labute approximate surface area is 145 Å². The number of nitrogens with one attached hydrogen (secondary N) is 1. The second-order valence-corrected chi connectivity index (χ2v) is 8.31. The lowest BCUT2D eigenvalue weighted by molar-refractivity contribution is 0.0958. The maximum atomic E-state index is 12.9. The number of rotatable bonds is 4. The Morgan fingerprint density at radius 2 is 2.21 bits per heavy atom. The van der Waals surface area contributed by atoms with Crippen molar-refractivity contribution in [3.05, 3.63) is 51.7 Å². The minimum Gasteiger partial charge on any atom is -0.341 e. The van der Waals surface area contributed by atoms with E-state index in [-0.39, 0.29) is 22.9 Å². The molecule has 0 aliphatic carbocycles. The molecule has 1 aliphatic heterocycles. The van der Waals surface area contributed by atoms with Crippen molar-refractivity contribution in [2.24, 2.45) is 0 Å². The summed E-state index contributed by atoms with van der Waals surface area (Å²) in [5.74, 6) is 1.93. The predicted octanol–water partition coefficient (Wildman–Crippen LogP) is 1.86. The Hall–Kier alpha value is -2.14. The number of terminal acetylenes is 1. The zero-order valence-corrected chi connectivity index (χ0v) is 14.5. The Morgan fingerprint density at radius 1 is 1.38 bits per heavy atom. The second kappa shape index (κ2) is 6.77. The van der Waals surface area contributed by atoms with Gasteiger partial charge in [0.25, 0.3) is 5.91 Å². The van der Waals surface area contributed by atoms with Crippen LogP contribution in [0.3, 0.4) is 0 Å². The molecule has 0 radical (unpaired) electrons. The summed E-state index contributed by atoms with van der Waals surface area (Å²) < 4.78 is 27.2. The molecular weight excluding hydrogens is 344 g/mol. The Morgan fingerprint density at radius 3 is 3.00 bits per heavy atom. The SMILES string of the molecule is C#CCNC(=O)c1cccc(S(=O)(=O)N2CCc3sccc3C2)c1. The van der Waals surface area contributed by atoms with E-state index in [1.165, 1.54) is 21.3 Å². The molecule has 7 heteroatoms. The summed E-state index contributed by atoms with van der Waals surface area (Å²) in [6, 6.07) is 8.00. The summed E-state index contributed by atoms with van der Waals surface area (Å²) in [5, 5.41) is 4.52. The lowest BCUT2D eigenvalue weighted by Crippen LogP contribution is -2.35. The van der Waals surface area contributed by atoms with Gasteiger partial charge in [0.05, 0.1) is 11.4 Å². The fraction of sp³-hybridized carbons (Fsp3) is 0.235. The van der Waals surface area contributed by atoms with Crippen molar-refractivity contribution in [3.8, 4) is 12.3 Å². The van der Waals surface area contributed by atoms with Crippen LogP contribution in [0, 0.1) is 12.3 Å². The zero-order chi connectivity index (χ0) is 17.2. The molecule has 0 unspecified atom stereocenters. The van der Waals surface area contributed by atoms with E-state index in [1.807, 2.05) is 11.4 Å². The van der Waals surface area contributed by atoms with Crippen molar-refractivity contribution in [1.82, 2.24) is 9.62 Å². The molecule has 124 valence electrons. The predicted molar refractivity (Wildman–Crippen MR) is 93.2 cm³/mol. The Bertz CT molecular complexity index is 910. The minimum atomic E-state index is -3.64. The topological polar surface area (TPSA) is 66.5 Å². The van der Waals surface area contributed by atoms with Gasteiger partial charge in [-0.2, -0.15) is 4.31 Å². The van der Waals surface area contributed by atoms with Gasteiger partial charge in [0, 0.05) is 23.5 Å². The van der Waals surface area contributed by atoms with Crippen LogP contribution in [-0.4, -0.2) is 31.7 Å². The summed E-state index contributed by atoms with van der Waals surface area (Å²) in [4.78, 5) is 13.3. The summed E-state index contributed by atoms with van der Waals surface area (Å²) in [7, 11) is -3.64. The van der Waals surface area contributed by atoms with Crippen LogP contribution in [0.4, 0.5) is 0 Å². The molecule has 1 amide bonds. The Kier molecular flexibility index (Phi) is 4.71. The van der Waals surface area contributed by atoms with E-state index in [9.17, 15) is 13.2 Å². The maximum absolute atomic E-state index is 12.9. The van der Waals surface area contributed by atoms with Crippen molar-refractivity contribution in [3.63, 3.8) is 0 Å². The average Bonchev–Trinajstić information content (AvgIpc) is 3.07. The lowest BCUT2D eigenvalue weighted by atomic mass is 10.1. The number of nitrogens with zero attached hydrogens (tertiary/aromatic N) is 1. The highest BCUT2D eigenvalue weighted by Gasteiger charge is 2.29. The molecule has 2 heterocycles. The van der Waals surface area contributed by atoms with Crippen molar-refractivity contribution in [1.29, 1.82) is 0 Å². The fourth-order valence-corrected chi connectivity index (χ4v) is 4.96. The van der Waals surface area contributed by atoms with E-state index in [4.69, 9.17) is 6.42 Å². The van der Waals surface area contributed by atoms with Gasteiger partial charge < -0.3 is 5.32 Å². The number of benzene rings is 1. The van der Waals surface area contributed by atoms with Crippen molar-refractivity contribution < 1.29 is 13.2 Å². The van der Waals surface area contributed by atoms with Crippen LogP contribution in [-0.2, 0) is 23.0 Å². The van der Waals surface area contributed by atoms with Crippen LogP contribution in [0.15, 0.2) is 40.6 Å². The van der Waals surface area contributed by atoms with Crippen LogP contribution in [0.2, 0.25) is 0 Å². The highest BCUT2D eigenvalue weighted by molar-refractivity contribution is 7.89. The molecular formula is C17H16N2O3S2. The van der Waals surface area contributed by atoms with E-state index in [0.717, 1.165) is 5.56 Å². The third-order valence-electron chi connectivity index (χ3n) is 3.86. The normalized spacial score (nSPS) is 14.6. The van der Waals surface area contributed by atoms with Gasteiger partial charge in [-0.3, -0.25) is 4.79 Å². The maximum Gasteiger partial charge on any atom is 0.252 e. The van der Waals surface area contributed by atoms with Crippen LogP contribution in [0.5, 0.6) is 0 Å². The van der Waals surface area contributed by atoms with E-state index in [2.05, 4.69) is 11.2 Å². The highest BCUT2D eigenvalue weighted by atomic mass is 32.2. The first-order valence-electron chi connectivity index (χ1n) is 7.39. The number of fused-ring (bicyclic) bond motifs is 1. The molecule has 0 saturated carbocycles. The van der Waals surface area contributed by atoms with Crippen molar-refractivity contribution >= 4 is 27.3 Å². The van der Waals surface area contributed by atoms with Gasteiger partial charge >= 0.3 is 0 Å². The number of hydrogen-bond acceptors (Lipinski definition) is 4. The first-order valence-corrected chi connectivity index (χ1v) is 9.71. The van der Waals surface area contributed by atoms with Crippen molar-refractivity contribution in [2.75, 3.05) is 13.1 Å². The molecule has 1 aromatic carbocycles. The van der Waals surface area contributed by atoms with Gasteiger partial charge in [0.1, 0.15) is 0 Å². The van der Waals surface area contributed by atoms with Gasteiger partial charge in [-0.25, -0.2) is 8.42 Å². The summed E-state index contributed by atoms with van der Waals surface area (Å²) in [6.45, 7) is 0.918. The summed E-state index contributed by atoms with van der Waals surface area (Å²) in [6.07, 6.45) is 5.83. The van der Waals surface area contributed by atoms with Crippen LogP contribution in [0.1, 0.15) is 20.8 Å². The first-order chi connectivity index (χ1) is 11.5. The Balaban J connectivity index is 1.85. The summed E-state index contributed by atoms with van der Waals surface area (Å²) in [5.41, 5.74) is 1.33. The molecule has 1 N–H and O–H groups in total. The fourth-order valence-electron chi connectivity index (χ4n) is 2.61. The zero-order valence-electron chi connectivity index (χ0n) is 12.9. The van der Waals surface area contributed by atoms with Gasteiger partial charge in [-0.15, -0.1) is 17.8 Å². The first kappa shape index (κ1) is 16.7. The van der Waals surface area contributed by atoms with Gasteiger partial charge in [-0.05, 0) is 41.6 Å².